The van der Waals surface area contributed by atoms with E-state index < -0.39 is 5.82 Å². The first kappa shape index (κ1) is 24.3. The molecule has 2 aromatic heterocycles. The summed E-state index contributed by atoms with van der Waals surface area (Å²) in [6.07, 6.45) is 4.33. The number of thiazole rings is 1. The van der Waals surface area contributed by atoms with Crippen LogP contribution in [-0.2, 0) is 0 Å². The number of piperazine rings is 1. The van der Waals surface area contributed by atoms with Crippen LogP contribution < -0.4 is 20.7 Å². The molecule has 3 N–H and O–H groups in total. The standard InChI is InChI=1S/C27H29ClFN7OS/c1-35-9-3-4-16(35)13-37-27-33-24-18(25(34-27)36-14-7-8-15(36)12-31-11-14)10-19(28)21(22(24)29)17-5-2-6-20-23(17)32-26(30)38-20/h2,5-6,10,14-16,31H,3-4,7-9,11-13H2,1H3,(H2,30,32)/t14?,15?,16-/m0/s1. The fourth-order valence-electron chi connectivity index (χ4n) is 6.32. The fourth-order valence-corrected chi connectivity index (χ4v) is 7.38. The Morgan fingerprint density at radius 1 is 1.16 bits per heavy atom. The van der Waals surface area contributed by atoms with E-state index in [1.165, 1.54) is 11.3 Å². The van der Waals surface area contributed by atoms with Crippen molar-refractivity contribution in [2.24, 2.45) is 0 Å². The van der Waals surface area contributed by atoms with E-state index in [1.807, 2.05) is 18.2 Å². The molecule has 7 rings (SSSR count). The smallest absolute Gasteiger partial charge is 0.319 e. The summed E-state index contributed by atoms with van der Waals surface area (Å²) in [7, 11) is 2.10. The number of likely N-dealkylation sites (N-methyl/N-ethyl adjacent to an activating group) is 1. The van der Waals surface area contributed by atoms with Gasteiger partial charge in [-0.05, 0) is 51.4 Å². The van der Waals surface area contributed by atoms with Crippen LogP contribution in [0.3, 0.4) is 0 Å². The van der Waals surface area contributed by atoms with Gasteiger partial charge in [0.2, 0.25) is 0 Å². The highest BCUT2D eigenvalue weighted by atomic mass is 35.5. The van der Waals surface area contributed by atoms with Crippen LogP contribution in [0.5, 0.6) is 6.01 Å². The molecule has 3 aliphatic rings. The molecule has 2 aromatic carbocycles. The first-order valence-corrected chi connectivity index (χ1v) is 14.3. The number of anilines is 2. The Kier molecular flexibility index (Phi) is 6.03. The number of halogens is 2. The zero-order chi connectivity index (χ0) is 26.0. The van der Waals surface area contributed by atoms with E-state index in [0.29, 0.717) is 45.1 Å². The summed E-state index contributed by atoms with van der Waals surface area (Å²) in [5.74, 6) is 0.197. The number of benzene rings is 2. The van der Waals surface area contributed by atoms with Crippen molar-refractivity contribution in [1.82, 2.24) is 25.2 Å². The molecule has 198 valence electrons. The summed E-state index contributed by atoms with van der Waals surface area (Å²) in [4.78, 5) is 18.6. The predicted octanol–water partition coefficient (Wildman–Crippen LogP) is 4.69. The molecule has 4 aromatic rings. The van der Waals surface area contributed by atoms with Crippen LogP contribution in [-0.4, -0.2) is 71.3 Å². The number of fused-ring (bicyclic) bond motifs is 4. The van der Waals surface area contributed by atoms with E-state index in [2.05, 4.69) is 32.1 Å². The van der Waals surface area contributed by atoms with Gasteiger partial charge < -0.3 is 25.6 Å². The number of nitrogens with one attached hydrogen (secondary N) is 1. The molecule has 2 bridgehead atoms. The van der Waals surface area contributed by atoms with E-state index in [4.69, 9.17) is 27.1 Å². The van der Waals surface area contributed by atoms with Crippen molar-refractivity contribution in [1.29, 1.82) is 0 Å². The number of para-hydroxylation sites is 1. The lowest BCUT2D eigenvalue weighted by atomic mass is 10.0. The lowest BCUT2D eigenvalue weighted by Crippen LogP contribution is -2.52. The van der Waals surface area contributed by atoms with Crippen molar-refractivity contribution in [3.8, 4) is 17.1 Å². The minimum absolute atomic E-state index is 0.203. The Hall–Kier alpha value is -2.79. The first-order valence-electron chi connectivity index (χ1n) is 13.1. The van der Waals surface area contributed by atoms with Crippen molar-refractivity contribution in [3.63, 3.8) is 0 Å². The molecule has 0 aliphatic carbocycles. The van der Waals surface area contributed by atoms with Gasteiger partial charge in [0.15, 0.2) is 10.9 Å². The average Bonchev–Trinajstić information content (AvgIpc) is 3.56. The van der Waals surface area contributed by atoms with E-state index in [-0.39, 0.29) is 29.2 Å². The second kappa shape index (κ2) is 9.44. The number of aromatic nitrogens is 3. The zero-order valence-electron chi connectivity index (χ0n) is 21.1. The zero-order valence-corrected chi connectivity index (χ0v) is 22.7. The first-order chi connectivity index (χ1) is 18.5. The molecule has 0 spiro atoms. The van der Waals surface area contributed by atoms with Crippen LogP contribution in [0.4, 0.5) is 15.3 Å². The van der Waals surface area contributed by atoms with Crippen LogP contribution in [0, 0.1) is 5.82 Å². The average molecular weight is 554 g/mol. The van der Waals surface area contributed by atoms with Crippen LogP contribution in [0.1, 0.15) is 25.7 Å². The molecule has 3 atom stereocenters. The van der Waals surface area contributed by atoms with Gasteiger partial charge >= 0.3 is 6.01 Å². The predicted molar refractivity (Wildman–Crippen MR) is 151 cm³/mol. The van der Waals surface area contributed by atoms with Crippen LogP contribution in [0.25, 0.3) is 32.2 Å². The second-order valence-corrected chi connectivity index (χ2v) is 12.0. The second-order valence-electron chi connectivity index (χ2n) is 10.5. The SMILES string of the molecule is CN1CCC[C@H]1COc1nc(N2C3CCC2CNC3)c2cc(Cl)c(-c3cccc4sc(N)nc34)c(F)c2n1. The molecule has 0 saturated carbocycles. The third-order valence-electron chi connectivity index (χ3n) is 8.25. The van der Waals surface area contributed by atoms with Gasteiger partial charge in [-0.2, -0.15) is 9.97 Å². The Labute approximate surface area is 229 Å². The van der Waals surface area contributed by atoms with Crippen molar-refractivity contribution in [3.05, 3.63) is 35.1 Å². The number of hydrogen-bond acceptors (Lipinski definition) is 9. The molecule has 0 amide bonds. The minimum atomic E-state index is -0.500. The van der Waals surface area contributed by atoms with Gasteiger partial charge in [0, 0.05) is 47.7 Å². The maximum Gasteiger partial charge on any atom is 0.319 e. The molecule has 2 unspecified atom stereocenters. The number of nitrogens with two attached hydrogens (primary N) is 1. The van der Waals surface area contributed by atoms with Crippen LogP contribution in [0.15, 0.2) is 24.3 Å². The van der Waals surface area contributed by atoms with Crippen molar-refractivity contribution < 1.29 is 9.13 Å². The number of hydrogen-bond donors (Lipinski definition) is 2. The Bertz CT molecular complexity index is 1530. The summed E-state index contributed by atoms with van der Waals surface area (Å²) in [5.41, 5.74) is 7.69. The molecule has 3 aliphatic heterocycles. The number of nitrogens with zero attached hydrogens (tertiary/aromatic N) is 5. The van der Waals surface area contributed by atoms with E-state index in [0.717, 1.165) is 50.0 Å². The molecule has 3 fully saturated rings. The van der Waals surface area contributed by atoms with Gasteiger partial charge in [-0.3, -0.25) is 0 Å². The molecular weight excluding hydrogens is 525 g/mol. The topological polar surface area (TPSA) is 92.4 Å². The number of likely N-dealkylation sites (tertiary alicyclic amines) is 1. The van der Waals surface area contributed by atoms with Gasteiger partial charge in [-0.25, -0.2) is 9.37 Å². The molecule has 3 saturated heterocycles. The Balaban J connectivity index is 1.40. The quantitative estimate of drug-likeness (QED) is 0.367. The number of rotatable bonds is 5. The highest BCUT2D eigenvalue weighted by Crippen LogP contribution is 2.43. The maximum atomic E-state index is 16.6. The summed E-state index contributed by atoms with van der Waals surface area (Å²) >= 11 is 8.20. The molecule has 5 heterocycles. The molecule has 0 radical (unpaired) electrons. The van der Waals surface area contributed by atoms with Crippen molar-refractivity contribution in [2.75, 3.05) is 43.9 Å². The number of ether oxygens (including phenoxy) is 1. The molecule has 8 nitrogen and oxygen atoms in total. The molecule has 38 heavy (non-hydrogen) atoms. The normalized spacial score (nSPS) is 23.7. The summed E-state index contributed by atoms with van der Waals surface area (Å²) in [6.45, 7) is 3.25. The highest BCUT2D eigenvalue weighted by Gasteiger charge is 2.39. The largest absolute Gasteiger partial charge is 0.462 e. The third kappa shape index (κ3) is 3.97. The minimum Gasteiger partial charge on any atom is -0.462 e. The molecule has 11 heteroatoms. The van der Waals surface area contributed by atoms with Gasteiger partial charge in [-0.1, -0.05) is 35.1 Å². The Morgan fingerprint density at radius 2 is 1.97 bits per heavy atom. The Morgan fingerprint density at radius 3 is 2.74 bits per heavy atom. The van der Waals surface area contributed by atoms with E-state index >= 15 is 4.39 Å². The van der Waals surface area contributed by atoms with E-state index in [1.54, 1.807) is 6.07 Å². The number of nitrogen functional groups attached to an aromatic ring is 1. The molecular formula is C27H29ClFN7OS. The van der Waals surface area contributed by atoms with Gasteiger partial charge in [0.1, 0.15) is 17.9 Å². The van der Waals surface area contributed by atoms with E-state index in [9.17, 15) is 0 Å². The van der Waals surface area contributed by atoms with Crippen molar-refractivity contribution in [2.45, 2.75) is 43.8 Å². The van der Waals surface area contributed by atoms with Gasteiger partial charge in [0.25, 0.3) is 0 Å². The van der Waals surface area contributed by atoms with Crippen LogP contribution >= 0.6 is 22.9 Å². The highest BCUT2D eigenvalue weighted by molar-refractivity contribution is 7.22. The summed E-state index contributed by atoms with van der Waals surface area (Å²) < 4.78 is 23.6. The monoisotopic (exact) mass is 553 g/mol. The third-order valence-corrected chi connectivity index (χ3v) is 9.40. The van der Waals surface area contributed by atoms with Crippen LogP contribution in [0.2, 0.25) is 5.02 Å². The summed E-state index contributed by atoms with van der Waals surface area (Å²) in [5, 5.41) is 4.83. The maximum absolute atomic E-state index is 16.6. The lowest BCUT2D eigenvalue weighted by molar-refractivity contribution is 0.188. The van der Waals surface area contributed by atoms with Gasteiger partial charge in [0.05, 0.1) is 15.2 Å². The fraction of sp³-hybridized carbons (Fsp3) is 0.444. The van der Waals surface area contributed by atoms with Gasteiger partial charge in [-0.15, -0.1) is 0 Å². The lowest BCUT2D eigenvalue weighted by Gasteiger charge is -2.37. The van der Waals surface area contributed by atoms with Crippen molar-refractivity contribution >= 4 is 55.0 Å². The summed E-state index contributed by atoms with van der Waals surface area (Å²) in [6, 6.07) is 8.49.